The van der Waals surface area contributed by atoms with Gasteiger partial charge in [0.2, 0.25) is 0 Å². The van der Waals surface area contributed by atoms with Crippen LogP contribution in [0.1, 0.15) is 34.2 Å². The summed E-state index contributed by atoms with van der Waals surface area (Å²) in [7, 11) is 0. The fourth-order valence-corrected chi connectivity index (χ4v) is 15.4. The maximum absolute atomic E-state index is 6.40. The fourth-order valence-electron chi connectivity index (χ4n) is 15.3. The number of benzene rings is 12. The molecule has 21 aromatic rings. The van der Waals surface area contributed by atoms with Gasteiger partial charge < -0.3 is 23.8 Å². The molecular weight excluding hydrogens is 1670 g/mol. The molecule has 0 atom stereocenters. The number of pyridine rings is 3. The van der Waals surface area contributed by atoms with Crippen LogP contribution in [0.5, 0.6) is 34.5 Å². The summed E-state index contributed by atoms with van der Waals surface area (Å²) in [5.41, 5.74) is 22.1. The van der Waals surface area contributed by atoms with E-state index in [4.69, 9.17) is 35.8 Å². The number of aromatic nitrogens is 12. The molecule has 0 radical (unpaired) electrons. The minimum atomic E-state index is 0. The molecule has 0 bridgehead atoms. The van der Waals surface area contributed by atoms with Crippen LogP contribution in [0.15, 0.2) is 352 Å². The predicted octanol–water partition coefficient (Wildman–Crippen LogP) is 25.8. The predicted molar refractivity (Wildman–Crippen MR) is 476 cm³/mol. The molecule has 15 nitrogen and oxygen atoms in total. The zero-order chi connectivity index (χ0) is 80.2. The van der Waals surface area contributed by atoms with Gasteiger partial charge >= 0.3 is 21.1 Å². The molecule has 0 saturated heterocycles. The summed E-state index contributed by atoms with van der Waals surface area (Å²) in [5, 5.41) is 21.3. The van der Waals surface area contributed by atoms with Gasteiger partial charge in [0.25, 0.3) is 0 Å². The van der Waals surface area contributed by atoms with Crippen LogP contribution < -0.4 is 14.2 Å². The van der Waals surface area contributed by atoms with E-state index in [0.717, 1.165) is 168 Å². The molecule has 9 heterocycles. The molecule has 0 fully saturated rings. The van der Waals surface area contributed by atoms with E-state index in [1.165, 1.54) is 16.2 Å². The minimum absolute atomic E-state index is 0. The van der Waals surface area contributed by atoms with Crippen molar-refractivity contribution in [2.24, 2.45) is 0 Å². The van der Waals surface area contributed by atoms with E-state index in [0.29, 0.717) is 16.7 Å². The summed E-state index contributed by atoms with van der Waals surface area (Å²) in [6.07, 6.45) is 5.45. The number of ether oxygens (including phenoxy) is 3. The summed E-state index contributed by atoms with van der Waals surface area (Å²) >= 11 is 5.78. The number of aromatic amines is 1. The topological polar surface area (TPSA) is 145 Å². The van der Waals surface area contributed by atoms with Gasteiger partial charge in [0.05, 0.1) is 45.0 Å². The Morgan fingerprint density at radius 1 is 0.303 bits per heavy atom. The van der Waals surface area contributed by atoms with Crippen molar-refractivity contribution in [1.82, 2.24) is 58.4 Å². The molecule has 0 unspecified atom stereocenters. The largest absolute Gasteiger partial charge is 2.00 e. The van der Waals surface area contributed by atoms with Crippen LogP contribution in [-0.2, 0) is 21.1 Å². The van der Waals surface area contributed by atoms with Crippen LogP contribution >= 0.6 is 11.6 Å². The molecule has 9 aromatic heterocycles. The van der Waals surface area contributed by atoms with E-state index >= 15 is 0 Å². The molecule has 17 heteroatoms. The van der Waals surface area contributed by atoms with Crippen LogP contribution in [0, 0.1) is 53.7 Å². The van der Waals surface area contributed by atoms with Crippen LogP contribution in [0.4, 0.5) is 0 Å². The average molecular weight is 1750 g/mol. The molecular formula is C102H77ClN12O3Pt. The maximum atomic E-state index is 6.40. The number of hydrogen-bond donors (Lipinski definition) is 1. The summed E-state index contributed by atoms with van der Waals surface area (Å²) in [4.78, 5) is 16.9. The number of aryl methyl sites for hydroxylation is 6. The van der Waals surface area contributed by atoms with Gasteiger partial charge in [-0.15, -0.1) is 35.7 Å². The number of hydrogen-bond acceptors (Lipinski definition) is 9. The average Bonchev–Trinajstić information content (AvgIpc) is 1.60. The third-order valence-electron chi connectivity index (χ3n) is 20.5. The first-order valence-corrected chi connectivity index (χ1v) is 39.3. The Labute approximate surface area is 707 Å². The van der Waals surface area contributed by atoms with E-state index in [1.54, 1.807) is 6.20 Å². The van der Waals surface area contributed by atoms with Crippen molar-refractivity contribution in [3.63, 3.8) is 0 Å². The van der Waals surface area contributed by atoms with Gasteiger partial charge in [0.1, 0.15) is 39.8 Å². The van der Waals surface area contributed by atoms with Gasteiger partial charge in [-0.25, -0.2) is 24.3 Å². The van der Waals surface area contributed by atoms with E-state index in [-0.39, 0.29) is 21.1 Å². The second-order valence-electron chi connectivity index (χ2n) is 28.8. The van der Waals surface area contributed by atoms with Crippen molar-refractivity contribution in [1.29, 1.82) is 0 Å². The first-order valence-electron chi connectivity index (χ1n) is 38.9. The number of rotatable bonds is 14. The molecule has 0 saturated carbocycles. The molecule has 21 rings (SSSR count). The van der Waals surface area contributed by atoms with Crippen molar-refractivity contribution >= 4 is 77.0 Å². The van der Waals surface area contributed by atoms with E-state index < -0.39 is 0 Å². The Balaban J connectivity index is 0.000000120. The zero-order valence-electron chi connectivity index (χ0n) is 65.8. The Kier molecular flexibility index (Phi) is 22.1. The third-order valence-corrected chi connectivity index (χ3v) is 20.7. The molecule has 580 valence electrons. The summed E-state index contributed by atoms with van der Waals surface area (Å²) < 4.78 is 28.9. The molecule has 12 aromatic carbocycles. The Hall–Kier alpha value is -14.5. The van der Waals surface area contributed by atoms with Crippen LogP contribution in [0.3, 0.4) is 0 Å². The molecule has 0 spiro atoms. The third kappa shape index (κ3) is 16.6. The molecule has 0 aliphatic carbocycles. The zero-order valence-corrected chi connectivity index (χ0v) is 68.9. The Morgan fingerprint density at radius 3 is 1.30 bits per heavy atom. The number of para-hydroxylation sites is 3. The monoisotopic (exact) mass is 1750 g/mol. The summed E-state index contributed by atoms with van der Waals surface area (Å²) in [5.74, 6) is 6.01. The summed E-state index contributed by atoms with van der Waals surface area (Å²) in [6, 6.07) is 120. The van der Waals surface area contributed by atoms with E-state index in [2.05, 4.69) is 218 Å². The molecule has 0 aliphatic heterocycles. The van der Waals surface area contributed by atoms with Crippen molar-refractivity contribution in [2.45, 2.75) is 41.5 Å². The number of fused-ring (bicyclic) bond motifs is 9. The van der Waals surface area contributed by atoms with Gasteiger partial charge in [-0.05, 0) is 207 Å². The summed E-state index contributed by atoms with van der Waals surface area (Å²) in [6.45, 7) is 12.1. The first kappa shape index (κ1) is 77.1. The SMILES string of the molecule is Cc1cc(C)n(-c2[c-]c(Oc3[c-]c4c(cc3)c3ccccc3n4-c3cc(-c4ccccc4)ccn3)ccc2)n1.Cc1cc(C)n(-c2cccc(Oc3ccc4c(c3)[nH]c3ccccc34)c2)n1.Cc1cc(C)n(-c2cccc(Oc3ccc4c5ccccc5n(-c5cc(-c6ccccc6)ccn5)c4c3)c2)n1.Clc1cc(-c2ccccc2)ccn1.[Pt+2]. The molecule has 119 heavy (non-hydrogen) atoms. The maximum Gasteiger partial charge on any atom is 2.00 e. The van der Waals surface area contributed by atoms with Gasteiger partial charge in [-0.1, -0.05) is 175 Å². The van der Waals surface area contributed by atoms with Crippen molar-refractivity contribution < 1.29 is 35.3 Å². The van der Waals surface area contributed by atoms with Gasteiger partial charge in [0, 0.05) is 104 Å². The smallest absolute Gasteiger partial charge is 0.509 e. The second-order valence-corrected chi connectivity index (χ2v) is 29.2. The fraction of sp³-hybridized carbons (Fsp3) is 0.0588. The van der Waals surface area contributed by atoms with Crippen molar-refractivity contribution in [3.05, 3.63) is 404 Å². The normalized spacial score (nSPS) is 11.1. The standard InChI is InChI=1S/C34H26N4O.C34H24N4O.C23H19N3O.C11H8ClN.Pt/c2*1-23-19-24(2)38(36-23)27-11-8-12-28(21-27)39-29-15-16-31-30-13-6-7-14-32(30)37(33(31)22-29)34-20-26(17-18-35-34)25-9-4-3-5-10-25;1-15-12-16(2)26(25-15)17-6-5-7-18(13-17)27-19-10-11-21-20-8-3-4-9-22(20)24-23(21)14-19;12-11-8-10(6-7-13-11)9-4-2-1-3-5-9;/h3-22H,1-2H3;3-20H,1-2H3;3-14,24H,1-2H3;1-8H;/q;-2;;;+2. The molecule has 0 amide bonds. The van der Waals surface area contributed by atoms with Crippen LogP contribution in [0.25, 0.3) is 127 Å². The second kappa shape index (κ2) is 34.1. The van der Waals surface area contributed by atoms with Crippen LogP contribution in [0.2, 0.25) is 5.15 Å². The number of halogens is 1. The minimum Gasteiger partial charge on any atom is -0.509 e. The van der Waals surface area contributed by atoms with E-state index in [1.807, 2.05) is 230 Å². The quantitative estimate of drug-likeness (QED) is 0.0830. The van der Waals surface area contributed by atoms with E-state index in [9.17, 15) is 0 Å². The van der Waals surface area contributed by atoms with Crippen LogP contribution in [-0.4, -0.2) is 58.4 Å². The number of H-pyrrole nitrogens is 1. The van der Waals surface area contributed by atoms with Crippen molar-refractivity contribution in [2.75, 3.05) is 0 Å². The Morgan fingerprint density at radius 2 is 0.739 bits per heavy atom. The molecule has 0 aliphatic rings. The number of nitrogens with one attached hydrogen (secondary N) is 1. The first-order chi connectivity index (χ1) is 57.8. The van der Waals surface area contributed by atoms with Gasteiger partial charge in [0.15, 0.2) is 0 Å². The van der Waals surface area contributed by atoms with Crippen molar-refractivity contribution in [3.8, 4) is 96.6 Å². The molecule has 1 N–H and O–H groups in total. The Bertz CT molecular complexity index is 6940. The number of nitrogens with zero attached hydrogens (tertiary/aromatic N) is 11. The van der Waals surface area contributed by atoms with Gasteiger partial charge in [-0.2, -0.15) is 27.4 Å². The van der Waals surface area contributed by atoms with Gasteiger partial charge in [-0.3, -0.25) is 9.25 Å².